The molecule has 60 valence electrons. The minimum atomic E-state index is -1.46. The molecule has 0 amide bonds. The SMILES string of the molecule is O=C(O)/C=C/C(F)=C\C(=O)O. The molecule has 0 saturated carbocycles. The van der Waals surface area contributed by atoms with Crippen LogP contribution in [-0.2, 0) is 9.59 Å². The minimum absolute atomic E-state index is 0.263. The molecular weight excluding hydrogens is 155 g/mol. The molecule has 0 aliphatic carbocycles. The van der Waals surface area contributed by atoms with E-state index in [1.165, 1.54) is 0 Å². The van der Waals surface area contributed by atoms with Crippen molar-refractivity contribution in [2.24, 2.45) is 0 Å². The van der Waals surface area contributed by atoms with Crippen molar-refractivity contribution in [3.8, 4) is 0 Å². The Balaban J connectivity index is 4.17. The van der Waals surface area contributed by atoms with Crippen molar-refractivity contribution in [2.45, 2.75) is 0 Å². The smallest absolute Gasteiger partial charge is 0.331 e. The van der Waals surface area contributed by atoms with E-state index in [0.717, 1.165) is 0 Å². The van der Waals surface area contributed by atoms with Crippen LogP contribution in [0.4, 0.5) is 4.39 Å². The number of carbonyl (C=O) groups is 2. The topological polar surface area (TPSA) is 74.6 Å². The zero-order chi connectivity index (χ0) is 8.85. The van der Waals surface area contributed by atoms with Gasteiger partial charge in [0, 0.05) is 6.08 Å². The van der Waals surface area contributed by atoms with E-state index in [0.29, 0.717) is 12.2 Å². The molecule has 11 heavy (non-hydrogen) atoms. The lowest BCUT2D eigenvalue weighted by Crippen LogP contribution is -1.89. The Labute approximate surface area is 61.3 Å². The van der Waals surface area contributed by atoms with E-state index in [1.54, 1.807) is 0 Å². The fourth-order valence-corrected chi connectivity index (χ4v) is 0.317. The Kier molecular flexibility index (Phi) is 3.58. The number of carboxylic acid groups (broad SMARTS) is 2. The predicted octanol–water partition coefficient (Wildman–Crippen LogP) is 0.565. The fourth-order valence-electron chi connectivity index (χ4n) is 0.317. The van der Waals surface area contributed by atoms with Crippen molar-refractivity contribution < 1.29 is 24.2 Å². The Morgan fingerprint density at radius 1 is 1.09 bits per heavy atom. The normalized spacial score (nSPS) is 11.9. The van der Waals surface area contributed by atoms with Gasteiger partial charge in [-0.2, -0.15) is 0 Å². The number of hydrogen-bond donors (Lipinski definition) is 2. The van der Waals surface area contributed by atoms with E-state index in [1.807, 2.05) is 0 Å². The van der Waals surface area contributed by atoms with Crippen molar-refractivity contribution in [3.63, 3.8) is 0 Å². The minimum Gasteiger partial charge on any atom is -0.478 e. The van der Waals surface area contributed by atoms with Crippen LogP contribution >= 0.6 is 0 Å². The number of carboxylic acids is 2. The van der Waals surface area contributed by atoms with Gasteiger partial charge in [0.05, 0.1) is 6.08 Å². The third-order valence-corrected chi connectivity index (χ3v) is 0.646. The van der Waals surface area contributed by atoms with E-state index in [-0.39, 0.29) is 6.08 Å². The zero-order valence-corrected chi connectivity index (χ0v) is 5.32. The van der Waals surface area contributed by atoms with E-state index >= 15 is 0 Å². The number of halogens is 1. The van der Waals surface area contributed by atoms with Gasteiger partial charge in [0.15, 0.2) is 0 Å². The average Bonchev–Trinajstić information content (AvgIpc) is 1.82. The quantitative estimate of drug-likeness (QED) is 0.467. The summed E-state index contributed by atoms with van der Waals surface area (Å²) < 4.78 is 12.1. The molecule has 2 N–H and O–H groups in total. The van der Waals surface area contributed by atoms with Crippen molar-refractivity contribution in [1.82, 2.24) is 0 Å². The maximum Gasteiger partial charge on any atom is 0.331 e. The maximum absolute atomic E-state index is 12.1. The van der Waals surface area contributed by atoms with Crippen LogP contribution in [0.15, 0.2) is 24.1 Å². The predicted molar refractivity (Wildman–Crippen MR) is 33.6 cm³/mol. The summed E-state index contributed by atoms with van der Waals surface area (Å²) >= 11 is 0. The third kappa shape index (κ3) is 6.23. The van der Waals surface area contributed by atoms with Crippen molar-refractivity contribution in [1.29, 1.82) is 0 Å². The van der Waals surface area contributed by atoms with Crippen LogP contribution in [0.1, 0.15) is 0 Å². The first-order valence-electron chi connectivity index (χ1n) is 2.53. The van der Waals surface area contributed by atoms with Crippen molar-refractivity contribution in [3.05, 3.63) is 24.1 Å². The molecule has 0 bridgehead atoms. The summed E-state index contributed by atoms with van der Waals surface area (Å²) in [5, 5.41) is 15.9. The Hall–Kier alpha value is -1.65. The monoisotopic (exact) mass is 160 g/mol. The lowest BCUT2D eigenvalue weighted by atomic mass is 10.4. The Morgan fingerprint density at radius 3 is 2.00 bits per heavy atom. The summed E-state index contributed by atoms with van der Waals surface area (Å²) in [7, 11) is 0. The van der Waals surface area contributed by atoms with E-state index in [9.17, 15) is 14.0 Å². The molecule has 0 aliphatic heterocycles. The van der Waals surface area contributed by atoms with E-state index in [2.05, 4.69) is 0 Å². The molecule has 0 saturated heterocycles. The molecule has 4 nitrogen and oxygen atoms in total. The van der Waals surface area contributed by atoms with Crippen molar-refractivity contribution >= 4 is 11.9 Å². The van der Waals surface area contributed by atoms with Crippen LogP contribution in [0.25, 0.3) is 0 Å². The molecule has 0 spiro atoms. The van der Waals surface area contributed by atoms with E-state index in [4.69, 9.17) is 10.2 Å². The summed E-state index contributed by atoms with van der Waals surface area (Å²) in [5.41, 5.74) is 0. The van der Waals surface area contributed by atoms with Gasteiger partial charge in [0.25, 0.3) is 0 Å². The van der Waals surface area contributed by atoms with Crippen LogP contribution in [0.3, 0.4) is 0 Å². The summed E-state index contributed by atoms with van der Waals surface area (Å²) in [6.45, 7) is 0. The van der Waals surface area contributed by atoms with Gasteiger partial charge >= 0.3 is 11.9 Å². The molecule has 0 aromatic carbocycles. The molecule has 0 unspecified atom stereocenters. The summed E-state index contributed by atoms with van der Waals surface area (Å²) in [6, 6.07) is 0. The lowest BCUT2D eigenvalue weighted by Gasteiger charge is -1.82. The molecule has 0 aromatic rings. The highest BCUT2D eigenvalue weighted by atomic mass is 19.1. The van der Waals surface area contributed by atoms with Crippen LogP contribution in [0, 0.1) is 0 Å². The second-order valence-electron chi connectivity index (χ2n) is 1.54. The van der Waals surface area contributed by atoms with Crippen LogP contribution < -0.4 is 0 Å². The largest absolute Gasteiger partial charge is 0.478 e. The summed E-state index contributed by atoms with van der Waals surface area (Å²) in [4.78, 5) is 19.5. The molecule has 0 atom stereocenters. The van der Waals surface area contributed by atoms with E-state index < -0.39 is 17.8 Å². The molecule has 0 aliphatic rings. The van der Waals surface area contributed by atoms with Crippen LogP contribution in [0.5, 0.6) is 0 Å². The molecule has 0 fully saturated rings. The van der Waals surface area contributed by atoms with Crippen molar-refractivity contribution in [2.75, 3.05) is 0 Å². The molecular formula is C6H5FO4. The molecule has 5 heteroatoms. The first-order chi connectivity index (χ1) is 5.02. The van der Waals surface area contributed by atoms with Crippen LogP contribution in [0.2, 0.25) is 0 Å². The molecule has 0 heterocycles. The maximum atomic E-state index is 12.1. The lowest BCUT2D eigenvalue weighted by molar-refractivity contribution is -0.132. The first kappa shape index (κ1) is 9.35. The number of rotatable bonds is 3. The summed E-state index contributed by atoms with van der Waals surface area (Å²) in [5.74, 6) is -3.91. The van der Waals surface area contributed by atoms with Gasteiger partial charge in [-0.25, -0.2) is 14.0 Å². The van der Waals surface area contributed by atoms with Gasteiger partial charge in [-0.15, -0.1) is 0 Å². The first-order valence-corrected chi connectivity index (χ1v) is 2.53. The highest BCUT2D eigenvalue weighted by Gasteiger charge is 1.94. The van der Waals surface area contributed by atoms with Gasteiger partial charge in [-0.1, -0.05) is 0 Å². The van der Waals surface area contributed by atoms with Gasteiger partial charge in [0.1, 0.15) is 5.83 Å². The number of hydrogen-bond acceptors (Lipinski definition) is 2. The van der Waals surface area contributed by atoms with Gasteiger partial charge in [-0.3, -0.25) is 0 Å². The summed E-state index contributed by atoms with van der Waals surface area (Å²) in [6.07, 6.45) is 1.32. The molecule has 0 radical (unpaired) electrons. The average molecular weight is 160 g/mol. The standard InChI is InChI=1S/C6H5FO4/c7-4(3-6(10)11)1-2-5(8)9/h1-3H,(H,8,9)(H,10,11)/b2-1+,4-3+. The highest BCUT2D eigenvalue weighted by Crippen LogP contribution is 1.97. The third-order valence-electron chi connectivity index (χ3n) is 0.646. The van der Waals surface area contributed by atoms with Gasteiger partial charge in [-0.05, 0) is 6.08 Å². The van der Waals surface area contributed by atoms with Gasteiger partial charge in [0.2, 0.25) is 0 Å². The second-order valence-corrected chi connectivity index (χ2v) is 1.54. The molecule has 0 aromatic heterocycles. The molecule has 0 rings (SSSR count). The Morgan fingerprint density at radius 2 is 1.64 bits per heavy atom. The van der Waals surface area contributed by atoms with Crippen LogP contribution in [-0.4, -0.2) is 22.2 Å². The zero-order valence-electron chi connectivity index (χ0n) is 5.32. The second kappa shape index (κ2) is 4.21. The Bertz CT molecular complexity index is 229. The van der Waals surface area contributed by atoms with Gasteiger partial charge < -0.3 is 10.2 Å². The fraction of sp³-hybridized carbons (Fsp3) is 0. The number of allylic oxidation sites excluding steroid dienone is 2. The number of aliphatic carboxylic acids is 2. The highest BCUT2D eigenvalue weighted by molar-refractivity contribution is 5.83.